The van der Waals surface area contributed by atoms with E-state index in [9.17, 15) is 0 Å². The van der Waals surface area contributed by atoms with Gasteiger partial charge in [0.15, 0.2) is 0 Å². The Kier molecular flexibility index (Phi) is 6.05. The van der Waals surface area contributed by atoms with Gasteiger partial charge in [0.1, 0.15) is 0 Å². The third-order valence-electron chi connectivity index (χ3n) is 4.01. The van der Waals surface area contributed by atoms with Crippen LogP contribution in [0.5, 0.6) is 0 Å². The molecule has 0 nitrogen and oxygen atoms in total. The van der Waals surface area contributed by atoms with Crippen LogP contribution in [0.25, 0.3) is 0 Å². The maximum absolute atomic E-state index is 2.44. The summed E-state index contributed by atoms with van der Waals surface area (Å²) < 4.78 is 0. The van der Waals surface area contributed by atoms with Crippen LogP contribution in [0.15, 0.2) is 12.2 Å². The van der Waals surface area contributed by atoms with Gasteiger partial charge < -0.3 is 0 Å². The first-order valence-corrected chi connectivity index (χ1v) is 6.85. The van der Waals surface area contributed by atoms with Crippen molar-refractivity contribution in [1.82, 2.24) is 0 Å². The lowest BCUT2D eigenvalue weighted by atomic mass is 9.86. The van der Waals surface area contributed by atoms with Crippen LogP contribution in [-0.4, -0.2) is 0 Å². The standard InChI is InChI=1S/C15H28/c1-13(2)14(3)9-7-8-12-15-10-5-4-6-11-15/h7-8,13-15H,4-6,9-12H2,1-3H3. The number of hydrogen-bond acceptors (Lipinski definition) is 0. The van der Waals surface area contributed by atoms with E-state index in [4.69, 9.17) is 0 Å². The summed E-state index contributed by atoms with van der Waals surface area (Å²) in [7, 11) is 0. The highest BCUT2D eigenvalue weighted by atomic mass is 14.2. The Morgan fingerprint density at radius 1 is 1.00 bits per heavy atom. The molecule has 0 aromatic rings. The van der Waals surface area contributed by atoms with Crippen LogP contribution in [0.3, 0.4) is 0 Å². The lowest BCUT2D eigenvalue weighted by Gasteiger charge is -2.19. The maximum Gasteiger partial charge on any atom is -0.0322 e. The molecule has 0 aliphatic heterocycles. The van der Waals surface area contributed by atoms with Crippen LogP contribution in [0, 0.1) is 17.8 Å². The molecule has 0 saturated heterocycles. The van der Waals surface area contributed by atoms with Gasteiger partial charge in [0.05, 0.1) is 0 Å². The van der Waals surface area contributed by atoms with Gasteiger partial charge >= 0.3 is 0 Å². The Labute approximate surface area is 96.2 Å². The van der Waals surface area contributed by atoms with Crippen molar-refractivity contribution in [2.75, 3.05) is 0 Å². The summed E-state index contributed by atoms with van der Waals surface area (Å²) >= 11 is 0. The van der Waals surface area contributed by atoms with E-state index < -0.39 is 0 Å². The highest BCUT2D eigenvalue weighted by Crippen LogP contribution is 2.26. The molecule has 0 aromatic carbocycles. The predicted molar refractivity (Wildman–Crippen MR) is 69.0 cm³/mol. The van der Waals surface area contributed by atoms with E-state index in [-0.39, 0.29) is 0 Å². The topological polar surface area (TPSA) is 0 Å². The summed E-state index contributed by atoms with van der Waals surface area (Å²) in [6.07, 6.45) is 14.8. The van der Waals surface area contributed by atoms with Gasteiger partial charge in [-0.15, -0.1) is 0 Å². The molecule has 1 aliphatic rings. The molecule has 0 radical (unpaired) electrons. The van der Waals surface area contributed by atoms with E-state index in [1.165, 1.54) is 44.9 Å². The van der Waals surface area contributed by atoms with E-state index in [0.29, 0.717) is 0 Å². The molecule has 0 aromatic heterocycles. The van der Waals surface area contributed by atoms with Crippen molar-refractivity contribution in [3.05, 3.63) is 12.2 Å². The second kappa shape index (κ2) is 7.09. The van der Waals surface area contributed by atoms with E-state index in [1.54, 1.807) is 0 Å². The summed E-state index contributed by atoms with van der Waals surface area (Å²) in [6, 6.07) is 0. The normalized spacial score (nSPS) is 21.3. The van der Waals surface area contributed by atoms with Gasteiger partial charge in [0.2, 0.25) is 0 Å². The van der Waals surface area contributed by atoms with Crippen LogP contribution < -0.4 is 0 Å². The lowest BCUT2D eigenvalue weighted by Crippen LogP contribution is -2.05. The minimum absolute atomic E-state index is 0.823. The van der Waals surface area contributed by atoms with Crippen molar-refractivity contribution < 1.29 is 0 Å². The molecule has 0 heterocycles. The molecule has 0 bridgehead atoms. The first-order valence-electron chi connectivity index (χ1n) is 6.85. The van der Waals surface area contributed by atoms with Gasteiger partial charge in [0.25, 0.3) is 0 Å². The fourth-order valence-electron chi connectivity index (χ4n) is 2.29. The monoisotopic (exact) mass is 208 g/mol. The zero-order chi connectivity index (χ0) is 11.1. The number of rotatable bonds is 5. The first-order chi connectivity index (χ1) is 7.20. The molecule has 15 heavy (non-hydrogen) atoms. The maximum atomic E-state index is 2.44. The third-order valence-corrected chi connectivity index (χ3v) is 4.01. The minimum atomic E-state index is 0.823. The summed E-state index contributed by atoms with van der Waals surface area (Å²) in [4.78, 5) is 0. The smallest absolute Gasteiger partial charge is 0.0322 e. The van der Waals surface area contributed by atoms with E-state index in [2.05, 4.69) is 32.9 Å². The zero-order valence-corrected chi connectivity index (χ0v) is 10.8. The first kappa shape index (κ1) is 12.8. The quantitative estimate of drug-likeness (QED) is 0.545. The highest BCUT2D eigenvalue weighted by Gasteiger charge is 2.11. The van der Waals surface area contributed by atoms with Gasteiger partial charge in [-0.1, -0.05) is 65.0 Å². The molecule has 1 unspecified atom stereocenters. The number of hydrogen-bond donors (Lipinski definition) is 0. The van der Waals surface area contributed by atoms with Gasteiger partial charge in [0, 0.05) is 0 Å². The average molecular weight is 208 g/mol. The molecule has 88 valence electrons. The summed E-state index contributed by atoms with van der Waals surface area (Å²) in [6.45, 7) is 6.99. The number of allylic oxidation sites excluding steroid dienone is 2. The Bertz CT molecular complexity index is 172. The minimum Gasteiger partial charge on any atom is -0.0883 e. The molecule has 1 aliphatic carbocycles. The predicted octanol–water partition coefficient (Wildman–Crippen LogP) is 5.20. The fourth-order valence-corrected chi connectivity index (χ4v) is 2.29. The lowest BCUT2D eigenvalue weighted by molar-refractivity contribution is 0.360. The molecule has 1 saturated carbocycles. The molecule has 0 N–H and O–H groups in total. The van der Waals surface area contributed by atoms with Crippen LogP contribution in [0.1, 0.15) is 65.7 Å². The molecule has 1 fully saturated rings. The van der Waals surface area contributed by atoms with Crippen LogP contribution in [0.2, 0.25) is 0 Å². The fraction of sp³-hybridized carbons (Fsp3) is 0.867. The van der Waals surface area contributed by atoms with Gasteiger partial charge in [-0.2, -0.15) is 0 Å². The van der Waals surface area contributed by atoms with Crippen molar-refractivity contribution in [2.24, 2.45) is 17.8 Å². The van der Waals surface area contributed by atoms with Gasteiger partial charge in [-0.25, -0.2) is 0 Å². The molecule has 0 amide bonds. The third kappa shape index (κ3) is 5.39. The Morgan fingerprint density at radius 3 is 2.27 bits per heavy atom. The largest absolute Gasteiger partial charge is 0.0883 e. The summed E-state index contributed by atoms with van der Waals surface area (Å²) in [5.74, 6) is 2.67. The SMILES string of the molecule is CC(C)C(C)CC=CCC1CCCCC1. The Hall–Kier alpha value is -0.260. The van der Waals surface area contributed by atoms with E-state index in [0.717, 1.165) is 17.8 Å². The highest BCUT2D eigenvalue weighted by molar-refractivity contribution is 4.86. The second-order valence-electron chi connectivity index (χ2n) is 5.67. The Balaban J connectivity index is 2.10. The molecular formula is C15H28. The molecule has 1 atom stereocenters. The van der Waals surface area contributed by atoms with Crippen molar-refractivity contribution in [1.29, 1.82) is 0 Å². The summed E-state index contributed by atoms with van der Waals surface area (Å²) in [5, 5.41) is 0. The van der Waals surface area contributed by atoms with Gasteiger partial charge in [-0.3, -0.25) is 0 Å². The zero-order valence-electron chi connectivity index (χ0n) is 10.8. The molecule has 0 spiro atoms. The second-order valence-corrected chi connectivity index (χ2v) is 5.67. The van der Waals surface area contributed by atoms with Gasteiger partial charge in [-0.05, 0) is 30.6 Å². The molecule has 0 heteroatoms. The van der Waals surface area contributed by atoms with E-state index in [1.807, 2.05) is 0 Å². The Morgan fingerprint density at radius 2 is 1.67 bits per heavy atom. The summed E-state index contributed by atoms with van der Waals surface area (Å²) in [5.41, 5.74) is 0. The van der Waals surface area contributed by atoms with Crippen molar-refractivity contribution >= 4 is 0 Å². The van der Waals surface area contributed by atoms with E-state index >= 15 is 0 Å². The van der Waals surface area contributed by atoms with Crippen LogP contribution in [-0.2, 0) is 0 Å². The van der Waals surface area contributed by atoms with Crippen molar-refractivity contribution in [3.8, 4) is 0 Å². The van der Waals surface area contributed by atoms with Crippen LogP contribution >= 0.6 is 0 Å². The van der Waals surface area contributed by atoms with Crippen molar-refractivity contribution in [3.63, 3.8) is 0 Å². The molecular weight excluding hydrogens is 180 g/mol. The van der Waals surface area contributed by atoms with Crippen LogP contribution in [0.4, 0.5) is 0 Å². The van der Waals surface area contributed by atoms with Crippen molar-refractivity contribution in [2.45, 2.75) is 65.7 Å². The average Bonchev–Trinajstić information content (AvgIpc) is 2.25. The molecule has 1 rings (SSSR count).